The van der Waals surface area contributed by atoms with Gasteiger partial charge in [-0.3, -0.25) is 4.79 Å². The molecule has 1 aliphatic rings. The lowest BCUT2D eigenvalue weighted by molar-refractivity contribution is 0.0477. The smallest absolute Gasteiger partial charge is 0.254 e. The molecule has 0 bridgehead atoms. The molecule has 98 valence electrons. The van der Waals surface area contributed by atoms with Crippen molar-refractivity contribution in [3.63, 3.8) is 0 Å². The van der Waals surface area contributed by atoms with Gasteiger partial charge in [0.2, 0.25) is 0 Å². The van der Waals surface area contributed by atoms with Crippen molar-refractivity contribution in [2.45, 2.75) is 33.2 Å². The van der Waals surface area contributed by atoms with Crippen LogP contribution >= 0.6 is 0 Å². The summed E-state index contributed by atoms with van der Waals surface area (Å²) in [6.45, 7) is 10.8. The van der Waals surface area contributed by atoms with Crippen molar-refractivity contribution < 1.29 is 4.79 Å². The predicted octanol–water partition coefficient (Wildman–Crippen LogP) is 2.13. The van der Waals surface area contributed by atoms with Gasteiger partial charge in [-0.25, -0.2) is 0 Å². The van der Waals surface area contributed by atoms with Crippen LogP contribution in [0, 0.1) is 13.8 Å². The van der Waals surface area contributed by atoms with Gasteiger partial charge < -0.3 is 10.2 Å². The van der Waals surface area contributed by atoms with E-state index in [1.54, 1.807) is 0 Å². The van der Waals surface area contributed by atoms with Gasteiger partial charge in [0.1, 0.15) is 0 Å². The minimum absolute atomic E-state index is 0.117. The van der Waals surface area contributed by atoms with Gasteiger partial charge in [0.15, 0.2) is 0 Å². The molecule has 0 spiro atoms. The summed E-state index contributed by atoms with van der Waals surface area (Å²) >= 11 is 0. The number of amides is 1. The summed E-state index contributed by atoms with van der Waals surface area (Å²) < 4.78 is 0. The van der Waals surface area contributed by atoms with Crippen LogP contribution in [0.4, 0.5) is 0 Å². The Morgan fingerprint density at radius 1 is 1.28 bits per heavy atom. The number of nitrogens with one attached hydrogen (secondary N) is 1. The van der Waals surface area contributed by atoms with E-state index in [-0.39, 0.29) is 11.4 Å². The fraction of sp³-hybridized carbons (Fsp3) is 0.533. The molecule has 1 aliphatic heterocycles. The van der Waals surface area contributed by atoms with Crippen molar-refractivity contribution in [2.75, 3.05) is 19.6 Å². The second-order valence-electron chi connectivity index (χ2n) is 5.75. The number of hydrogen-bond acceptors (Lipinski definition) is 2. The number of carbonyl (C=O) groups excluding carboxylic acids is 1. The molecular weight excluding hydrogens is 224 g/mol. The number of benzene rings is 1. The van der Waals surface area contributed by atoms with Crippen LogP contribution in [0.25, 0.3) is 0 Å². The van der Waals surface area contributed by atoms with Crippen LogP contribution in [0.15, 0.2) is 18.2 Å². The number of piperazine rings is 1. The highest BCUT2D eigenvalue weighted by Crippen LogP contribution is 2.20. The Morgan fingerprint density at radius 3 is 2.61 bits per heavy atom. The fourth-order valence-electron chi connectivity index (χ4n) is 2.39. The van der Waals surface area contributed by atoms with E-state index in [4.69, 9.17) is 0 Å². The molecule has 18 heavy (non-hydrogen) atoms. The number of carbonyl (C=O) groups is 1. The van der Waals surface area contributed by atoms with Crippen molar-refractivity contribution in [1.29, 1.82) is 0 Å². The molecule has 0 aromatic heterocycles. The zero-order valence-corrected chi connectivity index (χ0v) is 11.7. The Morgan fingerprint density at radius 2 is 2.00 bits per heavy atom. The molecule has 1 saturated heterocycles. The first kappa shape index (κ1) is 13.1. The zero-order valence-electron chi connectivity index (χ0n) is 11.7. The molecule has 0 unspecified atom stereocenters. The minimum Gasteiger partial charge on any atom is -0.331 e. The third kappa shape index (κ3) is 2.41. The topological polar surface area (TPSA) is 32.3 Å². The van der Waals surface area contributed by atoms with Crippen LogP contribution in [-0.4, -0.2) is 36.0 Å². The van der Waals surface area contributed by atoms with E-state index in [9.17, 15) is 4.79 Å². The first-order chi connectivity index (χ1) is 8.42. The molecular formula is C15H22N2O. The summed E-state index contributed by atoms with van der Waals surface area (Å²) in [5, 5.41) is 3.34. The van der Waals surface area contributed by atoms with E-state index in [0.29, 0.717) is 0 Å². The highest BCUT2D eigenvalue weighted by molar-refractivity contribution is 5.95. The van der Waals surface area contributed by atoms with E-state index < -0.39 is 0 Å². The standard InChI is InChI=1S/C15H22N2O/c1-11-5-6-13(9-12(11)2)14(18)17-8-7-16-10-15(17,3)4/h5-6,9,16H,7-8,10H2,1-4H3. The van der Waals surface area contributed by atoms with Crippen molar-refractivity contribution in [3.8, 4) is 0 Å². The molecule has 0 aliphatic carbocycles. The molecule has 3 heteroatoms. The second-order valence-corrected chi connectivity index (χ2v) is 5.75. The Balaban J connectivity index is 2.27. The maximum absolute atomic E-state index is 12.6. The average Bonchev–Trinajstić information content (AvgIpc) is 2.31. The zero-order chi connectivity index (χ0) is 13.3. The number of hydrogen-bond donors (Lipinski definition) is 1. The monoisotopic (exact) mass is 246 g/mol. The van der Waals surface area contributed by atoms with Crippen LogP contribution in [-0.2, 0) is 0 Å². The van der Waals surface area contributed by atoms with Gasteiger partial charge in [-0.2, -0.15) is 0 Å². The minimum atomic E-state index is -0.117. The summed E-state index contributed by atoms with van der Waals surface area (Å²) in [4.78, 5) is 14.6. The number of nitrogens with zero attached hydrogens (tertiary/aromatic N) is 1. The molecule has 0 radical (unpaired) electrons. The molecule has 2 rings (SSSR count). The van der Waals surface area contributed by atoms with E-state index in [2.05, 4.69) is 33.0 Å². The highest BCUT2D eigenvalue weighted by atomic mass is 16.2. The molecule has 0 saturated carbocycles. The van der Waals surface area contributed by atoms with Crippen LogP contribution in [0.2, 0.25) is 0 Å². The van der Waals surface area contributed by atoms with Gasteiger partial charge in [-0.1, -0.05) is 6.07 Å². The van der Waals surface area contributed by atoms with E-state index in [1.807, 2.05) is 23.1 Å². The van der Waals surface area contributed by atoms with Crippen molar-refractivity contribution in [3.05, 3.63) is 34.9 Å². The Labute approximate surface area is 109 Å². The summed E-state index contributed by atoms with van der Waals surface area (Å²) in [6.07, 6.45) is 0. The van der Waals surface area contributed by atoms with Gasteiger partial charge in [0, 0.05) is 25.2 Å². The number of aryl methyl sites for hydroxylation is 2. The van der Waals surface area contributed by atoms with Crippen LogP contribution in [0.3, 0.4) is 0 Å². The average molecular weight is 246 g/mol. The largest absolute Gasteiger partial charge is 0.331 e. The Hall–Kier alpha value is -1.35. The van der Waals surface area contributed by atoms with Gasteiger partial charge in [-0.05, 0) is 51.0 Å². The van der Waals surface area contributed by atoms with Crippen molar-refractivity contribution >= 4 is 5.91 Å². The molecule has 1 aromatic carbocycles. The molecule has 3 nitrogen and oxygen atoms in total. The molecule has 1 aromatic rings. The fourth-order valence-corrected chi connectivity index (χ4v) is 2.39. The van der Waals surface area contributed by atoms with Crippen molar-refractivity contribution in [2.24, 2.45) is 0 Å². The summed E-state index contributed by atoms with van der Waals surface area (Å²) in [7, 11) is 0. The molecule has 1 fully saturated rings. The molecule has 1 heterocycles. The van der Waals surface area contributed by atoms with Crippen LogP contribution in [0.1, 0.15) is 35.3 Å². The van der Waals surface area contributed by atoms with Crippen molar-refractivity contribution in [1.82, 2.24) is 10.2 Å². The van der Waals surface area contributed by atoms with Gasteiger partial charge in [0.05, 0.1) is 5.54 Å². The lowest BCUT2D eigenvalue weighted by atomic mass is 9.97. The Kier molecular flexibility index (Phi) is 3.44. The Bertz CT molecular complexity index is 466. The third-order valence-electron chi connectivity index (χ3n) is 3.80. The predicted molar refractivity (Wildman–Crippen MR) is 73.9 cm³/mol. The second kappa shape index (κ2) is 4.73. The molecule has 1 amide bonds. The lowest BCUT2D eigenvalue weighted by Gasteiger charge is -2.42. The lowest BCUT2D eigenvalue weighted by Crippen LogP contribution is -2.59. The van der Waals surface area contributed by atoms with E-state index in [1.165, 1.54) is 11.1 Å². The van der Waals surface area contributed by atoms with E-state index >= 15 is 0 Å². The molecule has 0 atom stereocenters. The van der Waals surface area contributed by atoms with Crippen LogP contribution in [0.5, 0.6) is 0 Å². The third-order valence-corrected chi connectivity index (χ3v) is 3.80. The van der Waals surface area contributed by atoms with Gasteiger partial charge >= 0.3 is 0 Å². The summed E-state index contributed by atoms with van der Waals surface area (Å²) in [5.74, 6) is 0.143. The quantitative estimate of drug-likeness (QED) is 0.823. The first-order valence-electron chi connectivity index (χ1n) is 6.52. The maximum Gasteiger partial charge on any atom is 0.254 e. The normalized spacial score (nSPS) is 18.8. The maximum atomic E-state index is 12.6. The van der Waals surface area contributed by atoms with Crippen LogP contribution < -0.4 is 5.32 Å². The summed E-state index contributed by atoms with van der Waals surface area (Å²) in [6, 6.07) is 5.95. The van der Waals surface area contributed by atoms with E-state index in [0.717, 1.165) is 25.2 Å². The molecule has 1 N–H and O–H groups in total. The highest BCUT2D eigenvalue weighted by Gasteiger charge is 2.33. The first-order valence-corrected chi connectivity index (χ1v) is 6.52. The SMILES string of the molecule is Cc1ccc(C(=O)N2CCNCC2(C)C)cc1C. The van der Waals surface area contributed by atoms with Gasteiger partial charge in [-0.15, -0.1) is 0 Å². The van der Waals surface area contributed by atoms with Gasteiger partial charge in [0.25, 0.3) is 5.91 Å². The summed E-state index contributed by atoms with van der Waals surface area (Å²) in [5.41, 5.74) is 3.08. The number of rotatable bonds is 1.